The van der Waals surface area contributed by atoms with Gasteiger partial charge in [0, 0.05) is 12.4 Å². The van der Waals surface area contributed by atoms with Gasteiger partial charge >= 0.3 is 5.97 Å². The molecule has 0 fully saturated rings. The molecule has 1 aromatic rings. The van der Waals surface area contributed by atoms with Gasteiger partial charge in [-0.25, -0.2) is 4.79 Å². The van der Waals surface area contributed by atoms with Crippen molar-refractivity contribution in [2.45, 2.75) is 0 Å². The molecule has 1 N–H and O–H groups in total. The Morgan fingerprint density at radius 1 is 1.69 bits per heavy atom. The number of aldehydes is 1. The summed E-state index contributed by atoms with van der Waals surface area (Å²) in [6.07, 6.45) is 3.52. The van der Waals surface area contributed by atoms with Gasteiger partial charge in [0.1, 0.15) is 6.29 Å². The monoisotopic (exact) mass is 180 g/mol. The van der Waals surface area contributed by atoms with Crippen LogP contribution in [0.1, 0.15) is 10.4 Å². The fourth-order valence-electron chi connectivity index (χ4n) is 0.684. The first kappa shape index (κ1) is 9.34. The SMILES string of the molecule is O=CCNOC(=O)c1cccnc1. The van der Waals surface area contributed by atoms with Crippen molar-refractivity contribution in [3.63, 3.8) is 0 Å². The highest BCUT2D eigenvalue weighted by Gasteiger charge is 2.05. The second-order valence-electron chi connectivity index (χ2n) is 2.15. The lowest BCUT2D eigenvalue weighted by Crippen LogP contribution is -2.21. The molecule has 0 atom stereocenters. The Hall–Kier alpha value is -1.75. The molecule has 0 spiro atoms. The molecule has 5 heteroatoms. The number of pyridine rings is 1. The summed E-state index contributed by atoms with van der Waals surface area (Å²) in [6.45, 7) is -0.0218. The molecule has 0 aliphatic heterocycles. The van der Waals surface area contributed by atoms with Gasteiger partial charge in [0.25, 0.3) is 0 Å². The van der Waals surface area contributed by atoms with Crippen LogP contribution in [0.2, 0.25) is 0 Å². The van der Waals surface area contributed by atoms with E-state index < -0.39 is 5.97 Å². The average Bonchev–Trinajstić information content (AvgIpc) is 2.19. The van der Waals surface area contributed by atoms with Crippen molar-refractivity contribution in [1.29, 1.82) is 0 Å². The van der Waals surface area contributed by atoms with E-state index in [1.807, 2.05) is 0 Å². The standard InChI is InChI=1S/C8H8N2O3/c11-5-4-10-13-8(12)7-2-1-3-9-6-7/h1-3,5-6,10H,4H2. The van der Waals surface area contributed by atoms with E-state index in [1.54, 1.807) is 18.3 Å². The summed E-state index contributed by atoms with van der Waals surface area (Å²) in [5.41, 5.74) is 2.52. The maximum atomic E-state index is 11.1. The summed E-state index contributed by atoms with van der Waals surface area (Å²) in [4.78, 5) is 29.2. The van der Waals surface area contributed by atoms with Crippen LogP contribution in [0.4, 0.5) is 0 Å². The van der Waals surface area contributed by atoms with Crippen molar-refractivity contribution in [1.82, 2.24) is 10.5 Å². The predicted octanol–water partition coefficient (Wildman–Crippen LogP) is -0.0581. The number of hydrogen-bond acceptors (Lipinski definition) is 5. The van der Waals surface area contributed by atoms with Crippen molar-refractivity contribution in [3.8, 4) is 0 Å². The lowest BCUT2D eigenvalue weighted by atomic mass is 10.3. The number of carbonyl (C=O) groups is 2. The maximum Gasteiger partial charge on any atom is 0.358 e. The Morgan fingerprint density at radius 2 is 2.54 bits per heavy atom. The van der Waals surface area contributed by atoms with Crippen LogP contribution in [0.15, 0.2) is 24.5 Å². The molecule has 1 rings (SSSR count). The zero-order chi connectivity index (χ0) is 9.52. The van der Waals surface area contributed by atoms with Crippen molar-refractivity contribution < 1.29 is 14.4 Å². The third-order valence-electron chi connectivity index (χ3n) is 1.23. The Morgan fingerprint density at radius 3 is 3.15 bits per heavy atom. The Kier molecular flexibility index (Phi) is 3.59. The van der Waals surface area contributed by atoms with Crippen LogP contribution in [0.5, 0.6) is 0 Å². The van der Waals surface area contributed by atoms with Gasteiger partial charge in [-0.05, 0) is 12.1 Å². The molecular weight excluding hydrogens is 172 g/mol. The van der Waals surface area contributed by atoms with Crippen molar-refractivity contribution in [2.75, 3.05) is 6.54 Å². The van der Waals surface area contributed by atoms with Crippen LogP contribution in [0.3, 0.4) is 0 Å². The molecule has 0 aliphatic rings. The second kappa shape index (κ2) is 5.00. The first-order chi connectivity index (χ1) is 6.34. The first-order valence-corrected chi connectivity index (χ1v) is 3.62. The van der Waals surface area contributed by atoms with Gasteiger partial charge < -0.3 is 9.63 Å². The summed E-state index contributed by atoms with van der Waals surface area (Å²) < 4.78 is 0. The highest BCUT2D eigenvalue weighted by Crippen LogP contribution is 1.96. The quantitative estimate of drug-likeness (QED) is 0.399. The number of hydrogen-bond donors (Lipinski definition) is 1. The van der Waals surface area contributed by atoms with Gasteiger partial charge in [0.2, 0.25) is 0 Å². The number of aromatic nitrogens is 1. The summed E-state index contributed by atoms with van der Waals surface area (Å²) in [6, 6.07) is 3.19. The van der Waals surface area contributed by atoms with E-state index >= 15 is 0 Å². The minimum atomic E-state index is -0.560. The molecule has 1 heterocycles. The zero-order valence-corrected chi connectivity index (χ0v) is 6.77. The van der Waals surface area contributed by atoms with Crippen LogP contribution in [-0.4, -0.2) is 23.8 Å². The van der Waals surface area contributed by atoms with Crippen molar-refractivity contribution >= 4 is 12.3 Å². The number of carbonyl (C=O) groups excluding carboxylic acids is 2. The molecule has 0 amide bonds. The minimum Gasteiger partial charge on any atom is -0.366 e. The first-order valence-electron chi connectivity index (χ1n) is 3.62. The molecule has 5 nitrogen and oxygen atoms in total. The highest BCUT2D eigenvalue weighted by molar-refractivity contribution is 5.88. The van der Waals surface area contributed by atoms with E-state index in [2.05, 4.69) is 15.3 Å². The smallest absolute Gasteiger partial charge is 0.358 e. The summed E-state index contributed by atoms with van der Waals surface area (Å²) in [7, 11) is 0. The lowest BCUT2D eigenvalue weighted by molar-refractivity contribution is -0.108. The van der Waals surface area contributed by atoms with Gasteiger partial charge in [-0.3, -0.25) is 4.98 Å². The van der Waals surface area contributed by atoms with E-state index in [4.69, 9.17) is 0 Å². The molecule has 68 valence electrons. The van der Waals surface area contributed by atoms with Gasteiger partial charge in [-0.15, -0.1) is 5.48 Å². The molecule has 0 radical (unpaired) electrons. The number of nitrogens with zero attached hydrogens (tertiary/aromatic N) is 1. The molecule has 0 unspecified atom stereocenters. The molecular formula is C8H8N2O3. The number of nitrogens with one attached hydrogen (secondary N) is 1. The normalized spacial score (nSPS) is 9.23. The van der Waals surface area contributed by atoms with Gasteiger partial charge in [0.05, 0.1) is 12.1 Å². The Bertz CT molecular complexity index is 287. The van der Waals surface area contributed by atoms with E-state index in [0.29, 0.717) is 11.8 Å². The fourth-order valence-corrected chi connectivity index (χ4v) is 0.684. The molecule has 0 aliphatic carbocycles. The Balaban J connectivity index is 2.45. The topological polar surface area (TPSA) is 68.3 Å². The molecule has 1 aromatic heterocycles. The van der Waals surface area contributed by atoms with Gasteiger partial charge in [-0.2, -0.15) is 0 Å². The number of rotatable bonds is 4. The van der Waals surface area contributed by atoms with Crippen LogP contribution >= 0.6 is 0 Å². The zero-order valence-electron chi connectivity index (χ0n) is 6.77. The molecule has 0 aromatic carbocycles. The summed E-state index contributed by atoms with van der Waals surface area (Å²) in [5, 5.41) is 0. The summed E-state index contributed by atoms with van der Waals surface area (Å²) >= 11 is 0. The maximum absolute atomic E-state index is 11.1. The van der Waals surface area contributed by atoms with Crippen molar-refractivity contribution in [2.24, 2.45) is 0 Å². The van der Waals surface area contributed by atoms with Crippen LogP contribution < -0.4 is 5.48 Å². The predicted molar refractivity (Wildman–Crippen MR) is 43.7 cm³/mol. The fraction of sp³-hybridized carbons (Fsp3) is 0.125. The third-order valence-corrected chi connectivity index (χ3v) is 1.23. The molecule has 0 saturated heterocycles. The van der Waals surface area contributed by atoms with E-state index in [1.165, 1.54) is 6.20 Å². The van der Waals surface area contributed by atoms with Gasteiger partial charge in [-0.1, -0.05) is 0 Å². The number of hydroxylamine groups is 1. The van der Waals surface area contributed by atoms with Crippen LogP contribution in [0, 0.1) is 0 Å². The average molecular weight is 180 g/mol. The minimum absolute atomic E-state index is 0.0218. The van der Waals surface area contributed by atoms with Gasteiger partial charge in [0.15, 0.2) is 0 Å². The molecule has 13 heavy (non-hydrogen) atoms. The largest absolute Gasteiger partial charge is 0.366 e. The van der Waals surface area contributed by atoms with Crippen LogP contribution in [0.25, 0.3) is 0 Å². The summed E-state index contributed by atoms with van der Waals surface area (Å²) in [5.74, 6) is -0.560. The van der Waals surface area contributed by atoms with E-state index in [-0.39, 0.29) is 6.54 Å². The van der Waals surface area contributed by atoms with Crippen LogP contribution in [-0.2, 0) is 9.63 Å². The third kappa shape index (κ3) is 3.00. The van der Waals surface area contributed by atoms with Crippen molar-refractivity contribution in [3.05, 3.63) is 30.1 Å². The molecule has 0 bridgehead atoms. The van der Waals surface area contributed by atoms with E-state index in [0.717, 1.165) is 0 Å². The highest BCUT2D eigenvalue weighted by atomic mass is 16.7. The second-order valence-corrected chi connectivity index (χ2v) is 2.15. The lowest BCUT2D eigenvalue weighted by Gasteiger charge is -2.01. The molecule has 0 saturated carbocycles. The van der Waals surface area contributed by atoms with E-state index in [9.17, 15) is 9.59 Å². The Labute approximate surface area is 74.7 Å².